The SMILES string of the molecule is C=C(C)/C(=C\C=C/C)C(CNC(=O)C(C)CCCCNC(=O)[C@@H]1Cc2ccccc2CN1C(=O)CCC(=O)c1ccccc1)c1ccccc1.CC(C)(C)OC(N)=O. The highest BCUT2D eigenvalue weighted by molar-refractivity contribution is 5.98. The molecule has 10 nitrogen and oxygen atoms in total. The van der Waals surface area contributed by atoms with Crippen LogP contribution in [0.3, 0.4) is 0 Å². The predicted octanol–water partition coefficient (Wildman–Crippen LogP) is 8.38. The Hall–Kier alpha value is -5.77. The fraction of sp³-hybridized carbons (Fsp3) is 0.396. The average molecular weight is 791 g/mol. The van der Waals surface area contributed by atoms with Gasteiger partial charge in [-0.25, -0.2) is 4.79 Å². The van der Waals surface area contributed by atoms with Gasteiger partial charge in [0.25, 0.3) is 0 Å². The molecule has 58 heavy (non-hydrogen) atoms. The molecular formula is C48H62N4O6. The van der Waals surface area contributed by atoms with Crippen LogP contribution in [0.25, 0.3) is 0 Å². The second-order valence-corrected chi connectivity index (χ2v) is 15.7. The van der Waals surface area contributed by atoms with Crippen molar-refractivity contribution in [2.24, 2.45) is 11.7 Å². The van der Waals surface area contributed by atoms with Gasteiger partial charge in [0, 0.05) is 56.3 Å². The Balaban J connectivity index is 0.00000101. The van der Waals surface area contributed by atoms with Crippen LogP contribution in [0.15, 0.2) is 121 Å². The maximum absolute atomic E-state index is 13.5. The third-order valence-corrected chi connectivity index (χ3v) is 9.77. The lowest BCUT2D eigenvalue weighted by Gasteiger charge is -2.36. The van der Waals surface area contributed by atoms with E-state index in [1.165, 1.54) is 0 Å². The Labute approximate surface area is 345 Å². The second kappa shape index (κ2) is 23.5. The molecule has 10 heteroatoms. The number of unbranched alkanes of at least 4 members (excludes halogenated alkanes) is 1. The monoisotopic (exact) mass is 790 g/mol. The molecule has 3 aromatic carbocycles. The summed E-state index contributed by atoms with van der Waals surface area (Å²) >= 11 is 0. The van der Waals surface area contributed by atoms with Crippen molar-refractivity contribution in [3.8, 4) is 0 Å². The first kappa shape index (κ1) is 46.6. The standard InChI is InChI=1S/C43H51N3O4.C5H11NO2/c1-5-6-24-37(31(2)3)38(33-18-9-7-10-19-33)29-45-42(49)32(4)17-15-16-27-44-43(50)39-28-35-22-13-14-23-36(35)30-46(39)41(48)26-25-40(47)34-20-11-8-12-21-34;1-5(2,3)8-4(6)7/h5-14,18-24,32,38-39H,2,15-17,25-30H2,1,3-4H3,(H,44,50)(H,45,49);1-3H3,(H2,6,7)/b6-5-,37-24+;/t32?,38?,39-;/m0./s1. The van der Waals surface area contributed by atoms with Crippen molar-refractivity contribution >= 4 is 29.6 Å². The number of amides is 4. The minimum Gasteiger partial charge on any atom is -0.444 e. The number of allylic oxidation sites excluding steroid dienone is 4. The Kier molecular flexibility index (Phi) is 18.9. The van der Waals surface area contributed by atoms with Gasteiger partial charge in [0.1, 0.15) is 11.6 Å². The van der Waals surface area contributed by atoms with Crippen LogP contribution in [0.1, 0.15) is 107 Å². The number of hydrogen-bond acceptors (Lipinski definition) is 6. The van der Waals surface area contributed by atoms with Crippen molar-refractivity contribution in [2.45, 2.75) is 104 Å². The quantitative estimate of drug-likeness (QED) is 0.0711. The molecule has 0 spiro atoms. The number of ether oxygens (including phenoxy) is 1. The molecule has 4 amide bonds. The highest BCUT2D eigenvalue weighted by atomic mass is 16.6. The highest BCUT2D eigenvalue weighted by Gasteiger charge is 2.34. The number of carbonyl (C=O) groups is 5. The van der Waals surface area contributed by atoms with Crippen molar-refractivity contribution < 1.29 is 28.7 Å². The lowest BCUT2D eigenvalue weighted by atomic mass is 9.86. The van der Waals surface area contributed by atoms with E-state index in [9.17, 15) is 24.0 Å². The number of carbonyl (C=O) groups excluding carboxylic acids is 5. The summed E-state index contributed by atoms with van der Waals surface area (Å²) in [7, 11) is 0. The summed E-state index contributed by atoms with van der Waals surface area (Å²) in [6, 6.07) is 26.3. The Morgan fingerprint density at radius 1 is 0.897 bits per heavy atom. The largest absolute Gasteiger partial charge is 0.444 e. The summed E-state index contributed by atoms with van der Waals surface area (Å²) in [5, 5.41) is 6.21. The molecule has 0 bridgehead atoms. The van der Waals surface area contributed by atoms with E-state index in [-0.39, 0.29) is 48.2 Å². The Bertz CT molecular complexity index is 1900. The number of primary amides is 1. The van der Waals surface area contributed by atoms with Crippen LogP contribution in [0, 0.1) is 5.92 Å². The van der Waals surface area contributed by atoms with Crippen LogP contribution in [0.5, 0.6) is 0 Å². The topological polar surface area (TPSA) is 148 Å². The van der Waals surface area contributed by atoms with E-state index in [2.05, 4.69) is 40.2 Å². The van der Waals surface area contributed by atoms with E-state index < -0.39 is 17.7 Å². The molecule has 310 valence electrons. The van der Waals surface area contributed by atoms with Crippen molar-refractivity contribution in [3.63, 3.8) is 0 Å². The minimum atomic E-state index is -0.725. The van der Waals surface area contributed by atoms with Crippen molar-refractivity contribution in [1.29, 1.82) is 0 Å². The number of nitrogens with two attached hydrogens (primary N) is 1. The molecule has 0 aromatic heterocycles. The van der Waals surface area contributed by atoms with Gasteiger partial charge in [0.2, 0.25) is 17.7 Å². The van der Waals surface area contributed by atoms with Crippen LogP contribution in [0.4, 0.5) is 4.79 Å². The maximum atomic E-state index is 13.5. The van der Waals surface area contributed by atoms with Gasteiger partial charge in [0.15, 0.2) is 5.78 Å². The van der Waals surface area contributed by atoms with Crippen molar-refractivity contribution in [3.05, 3.63) is 143 Å². The lowest BCUT2D eigenvalue weighted by molar-refractivity contribution is -0.141. The number of nitrogens with one attached hydrogen (secondary N) is 2. The molecule has 0 fully saturated rings. The van der Waals surface area contributed by atoms with E-state index in [4.69, 9.17) is 5.73 Å². The predicted molar refractivity (Wildman–Crippen MR) is 231 cm³/mol. The van der Waals surface area contributed by atoms with Crippen LogP contribution < -0.4 is 16.4 Å². The minimum absolute atomic E-state index is 0.00263. The van der Waals surface area contributed by atoms with Gasteiger partial charge < -0.3 is 26.0 Å². The molecule has 0 saturated heterocycles. The molecule has 0 saturated carbocycles. The number of Topliss-reactive ketones (excluding diaryl/α,β-unsaturated/α-hetero) is 1. The van der Waals surface area contributed by atoms with Gasteiger partial charge in [-0.15, -0.1) is 0 Å². The second-order valence-electron chi connectivity index (χ2n) is 15.7. The van der Waals surface area contributed by atoms with Gasteiger partial charge in [-0.3, -0.25) is 19.2 Å². The van der Waals surface area contributed by atoms with E-state index in [1.54, 1.807) is 49.9 Å². The van der Waals surface area contributed by atoms with E-state index in [1.807, 2.05) is 81.5 Å². The molecule has 2 unspecified atom stereocenters. The van der Waals surface area contributed by atoms with Crippen LogP contribution in [0.2, 0.25) is 0 Å². The summed E-state index contributed by atoms with van der Waals surface area (Å²) in [5.74, 6) is -0.683. The fourth-order valence-electron chi connectivity index (χ4n) is 6.71. The van der Waals surface area contributed by atoms with E-state index >= 15 is 0 Å². The van der Waals surface area contributed by atoms with Crippen molar-refractivity contribution in [1.82, 2.24) is 15.5 Å². The normalized spacial score (nSPS) is 14.9. The Morgan fingerprint density at radius 3 is 2.10 bits per heavy atom. The molecule has 1 heterocycles. The first-order valence-electron chi connectivity index (χ1n) is 20.1. The molecule has 4 rings (SSSR count). The van der Waals surface area contributed by atoms with Gasteiger partial charge in [0.05, 0.1) is 0 Å². The van der Waals surface area contributed by atoms with Gasteiger partial charge in [-0.2, -0.15) is 0 Å². The number of nitrogens with zero attached hydrogens (tertiary/aromatic N) is 1. The zero-order chi connectivity index (χ0) is 42.7. The fourth-order valence-corrected chi connectivity index (χ4v) is 6.71. The number of rotatable bonds is 17. The molecule has 1 aliphatic heterocycles. The molecule has 4 N–H and O–H groups in total. The number of ketones is 1. The molecule has 3 aromatic rings. The van der Waals surface area contributed by atoms with Gasteiger partial charge in [-0.1, -0.05) is 129 Å². The average Bonchev–Trinajstić information content (AvgIpc) is 3.19. The molecule has 1 aliphatic rings. The molecular weight excluding hydrogens is 729 g/mol. The molecule has 0 aliphatic carbocycles. The number of fused-ring (bicyclic) bond motifs is 1. The summed E-state index contributed by atoms with van der Waals surface area (Å²) in [5.41, 5.74) is 10.1. The van der Waals surface area contributed by atoms with Gasteiger partial charge in [-0.05, 0) is 69.7 Å². The van der Waals surface area contributed by atoms with Crippen molar-refractivity contribution in [2.75, 3.05) is 13.1 Å². The zero-order valence-corrected chi connectivity index (χ0v) is 35.1. The number of hydrogen-bond donors (Lipinski definition) is 3. The van der Waals surface area contributed by atoms with E-state index in [0.717, 1.165) is 34.3 Å². The summed E-state index contributed by atoms with van der Waals surface area (Å²) in [6.07, 6.45) is 8.07. The lowest BCUT2D eigenvalue weighted by Crippen LogP contribution is -2.52. The molecule has 0 radical (unpaired) electrons. The smallest absolute Gasteiger partial charge is 0.405 e. The molecule has 3 atom stereocenters. The van der Waals surface area contributed by atoms with Crippen LogP contribution >= 0.6 is 0 Å². The van der Waals surface area contributed by atoms with Crippen LogP contribution in [-0.2, 0) is 32.1 Å². The van der Waals surface area contributed by atoms with Gasteiger partial charge >= 0.3 is 6.09 Å². The Morgan fingerprint density at radius 2 is 1.52 bits per heavy atom. The number of benzene rings is 3. The summed E-state index contributed by atoms with van der Waals surface area (Å²) < 4.78 is 4.58. The van der Waals surface area contributed by atoms with E-state index in [0.29, 0.717) is 44.5 Å². The highest BCUT2D eigenvalue weighted by Crippen LogP contribution is 2.29. The summed E-state index contributed by atoms with van der Waals surface area (Å²) in [6.45, 7) is 16.6. The van der Waals surface area contributed by atoms with Crippen LogP contribution in [-0.4, -0.2) is 59.2 Å². The summed E-state index contributed by atoms with van der Waals surface area (Å²) in [4.78, 5) is 64.3. The third-order valence-electron chi connectivity index (χ3n) is 9.77. The zero-order valence-electron chi connectivity index (χ0n) is 35.1. The first-order chi connectivity index (χ1) is 27.6. The maximum Gasteiger partial charge on any atom is 0.405 e. The third kappa shape index (κ3) is 15.6. The first-order valence-corrected chi connectivity index (χ1v) is 20.1.